The number of hydrogen-bond acceptors (Lipinski definition) is 7. The molecule has 0 saturated carbocycles. The van der Waals surface area contributed by atoms with Gasteiger partial charge in [0.1, 0.15) is 17.0 Å². The van der Waals surface area contributed by atoms with Gasteiger partial charge in [0.2, 0.25) is 0 Å². The van der Waals surface area contributed by atoms with Gasteiger partial charge in [-0.05, 0) is 31.9 Å². The molecule has 5 rings (SSSR count). The Bertz CT molecular complexity index is 1010. The second-order valence-electron chi connectivity index (χ2n) is 7.95. The monoisotopic (exact) mass is 396 g/mol. The number of morpholine rings is 1. The van der Waals surface area contributed by atoms with Crippen molar-refractivity contribution in [2.45, 2.75) is 31.9 Å². The normalized spacial score (nSPS) is 19.8. The number of aryl methyl sites for hydroxylation is 1. The van der Waals surface area contributed by atoms with Crippen LogP contribution in [0.4, 0.5) is 0 Å². The number of likely N-dealkylation sites (tertiary alicyclic amines) is 1. The Labute approximate surface area is 168 Å². The van der Waals surface area contributed by atoms with Gasteiger partial charge in [-0.25, -0.2) is 9.61 Å². The van der Waals surface area contributed by atoms with Crippen molar-refractivity contribution in [3.63, 3.8) is 0 Å². The van der Waals surface area contributed by atoms with E-state index in [2.05, 4.69) is 24.8 Å². The number of fused-ring (bicyclic) bond motifs is 1. The van der Waals surface area contributed by atoms with Crippen LogP contribution in [0.3, 0.4) is 0 Å². The van der Waals surface area contributed by atoms with E-state index in [1.165, 1.54) is 0 Å². The maximum Gasteiger partial charge on any atom is 0.274 e. The molecule has 0 unspecified atom stereocenters. The molecule has 0 bridgehead atoms. The zero-order chi connectivity index (χ0) is 19.8. The number of aromatic nitrogens is 4. The van der Waals surface area contributed by atoms with Gasteiger partial charge in [-0.3, -0.25) is 9.69 Å². The average Bonchev–Trinajstić information content (AvgIpc) is 3.40. The first kappa shape index (κ1) is 18.3. The lowest BCUT2D eigenvalue weighted by Crippen LogP contribution is -2.58. The average molecular weight is 396 g/mol. The van der Waals surface area contributed by atoms with Gasteiger partial charge in [0.25, 0.3) is 5.91 Å². The summed E-state index contributed by atoms with van der Waals surface area (Å²) < 4.78 is 12.8. The fourth-order valence-electron chi connectivity index (χ4n) is 4.34. The molecular formula is C20H24N6O3. The molecule has 5 heterocycles. The molecule has 9 heteroatoms. The van der Waals surface area contributed by atoms with Crippen molar-refractivity contribution in [3.8, 4) is 0 Å². The van der Waals surface area contributed by atoms with E-state index >= 15 is 0 Å². The minimum absolute atomic E-state index is 0.0214. The lowest BCUT2D eigenvalue weighted by Gasteiger charge is -2.47. The zero-order valence-corrected chi connectivity index (χ0v) is 16.5. The molecule has 2 aliphatic rings. The summed E-state index contributed by atoms with van der Waals surface area (Å²) in [5, 5.41) is 7.55. The van der Waals surface area contributed by atoms with E-state index in [1.807, 2.05) is 40.6 Å². The molecule has 1 spiro atoms. The molecule has 0 atom stereocenters. The first-order valence-electron chi connectivity index (χ1n) is 9.99. The number of carbonyl (C=O) groups is 1. The van der Waals surface area contributed by atoms with Crippen LogP contribution in [0, 0.1) is 6.92 Å². The predicted octanol–water partition coefficient (Wildman–Crippen LogP) is 1.53. The standard InChI is InChI=1S/C20H24N6O3/c1-15-3-2-4-18-22-17(13-26(15)18)19(27)25-9-10-28-20(14-25)5-7-24(8-6-20)12-16-11-21-29-23-16/h2-4,11,13H,5-10,12,14H2,1H3. The van der Waals surface area contributed by atoms with Crippen LogP contribution in [0.2, 0.25) is 0 Å². The Morgan fingerprint density at radius 1 is 1.24 bits per heavy atom. The fourth-order valence-corrected chi connectivity index (χ4v) is 4.34. The highest BCUT2D eigenvalue weighted by Crippen LogP contribution is 2.31. The summed E-state index contributed by atoms with van der Waals surface area (Å²) in [6.07, 6.45) is 5.25. The van der Waals surface area contributed by atoms with Crippen LogP contribution in [-0.4, -0.2) is 73.8 Å². The van der Waals surface area contributed by atoms with Gasteiger partial charge < -0.3 is 14.0 Å². The van der Waals surface area contributed by atoms with Crippen molar-refractivity contribution in [3.05, 3.63) is 47.7 Å². The van der Waals surface area contributed by atoms with Crippen molar-refractivity contribution in [2.75, 3.05) is 32.8 Å². The quantitative estimate of drug-likeness (QED) is 0.663. The topological polar surface area (TPSA) is 89.0 Å². The smallest absolute Gasteiger partial charge is 0.274 e. The molecule has 1 amide bonds. The van der Waals surface area contributed by atoms with Crippen LogP contribution in [-0.2, 0) is 11.3 Å². The minimum atomic E-state index is -0.276. The van der Waals surface area contributed by atoms with E-state index in [0.717, 1.165) is 49.5 Å². The molecule has 0 radical (unpaired) electrons. The molecule has 2 saturated heterocycles. The van der Waals surface area contributed by atoms with Crippen molar-refractivity contribution < 1.29 is 14.2 Å². The van der Waals surface area contributed by atoms with Crippen molar-refractivity contribution in [1.82, 2.24) is 29.5 Å². The highest BCUT2D eigenvalue weighted by Gasteiger charge is 2.41. The molecule has 0 N–H and O–H groups in total. The van der Waals surface area contributed by atoms with Gasteiger partial charge in [-0.2, -0.15) is 0 Å². The Morgan fingerprint density at radius 2 is 2.10 bits per heavy atom. The minimum Gasteiger partial charge on any atom is -0.371 e. The predicted molar refractivity (Wildman–Crippen MR) is 103 cm³/mol. The molecule has 0 aliphatic carbocycles. The van der Waals surface area contributed by atoms with Crippen molar-refractivity contribution in [2.24, 2.45) is 0 Å². The summed E-state index contributed by atoms with van der Waals surface area (Å²) in [6.45, 7) is 6.29. The van der Waals surface area contributed by atoms with Crippen LogP contribution in [0.1, 0.15) is 34.7 Å². The van der Waals surface area contributed by atoms with Crippen LogP contribution < -0.4 is 0 Å². The summed E-state index contributed by atoms with van der Waals surface area (Å²) in [6, 6.07) is 5.89. The molecule has 152 valence electrons. The molecule has 2 fully saturated rings. The summed E-state index contributed by atoms with van der Waals surface area (Å²) in [7, 11) is 0. The largest absolute Gasteiger partial charge is 0.371 e. The van der Waals surface area contributed by atoms with E-state index in [1.54, 1.807) is 6.20 Å². The van der Waals surface area contributed by atoms with Crippen LogP contribution in [0.25, 0.3) is 5.65 Å². The highest BCUT2D eigenvalue weighted by atomic mass is 16.6. The molecule has 3 aromatic heterocycles. The van der Waals surface area contributed by atoms with E-state index in [-0.39, 0.29) is 11.5 Å². The lowest BCUT2D eigenvalue weighted by molar-refractivity contribution is -0.128. The number of carbonyl (C=O) groups excluding carboxylic acids is 1. The van der Waals surface area contributed by atoms with E-state index in [9.17, 15) is 4.79 Å². The van der Waals surface area contributed by atoms with Crippen LogP contribution in [0.15, 0.2) is 35.2 Å². The molecule has 2 aliphatic heterocycles. The summed E-state index contributed by atoms with van der Waals surface area (Å²) in [5.41, 5.74) is 2.91. The van der Waals surface area contributed by atoms with Crippen LogP contribution in [0.5, 0.6) is 0 Å². The number of pyridine rings is 1. The molecular weight excluding hydrogens is 372 g/mol. The van der Waals surface area contributed by atoms with Gasteiger partial charge in [-0.15, -0.1) is 0 Å². The Hall–Kier alpha value is -2.78. The molecule has 9 nitrogen and oxygen atoms in total. The molecule has 0 aromatic carbocycles. The van der Waals surface area contributed by atoms with E-state index in [0.29, 0.717) is 25.4 Å². The third-order valence-corrected chi connectivity index (χ3v) is 6.01. The Morgan fingerprint density at radius 3 is 2.86 bits per heavy atom. The summed E-state index contributed by atoms with van der Waals surface area (Å²) >= 11 is 0. The van der Waals surface area contributed by atoms with Gasteiger partial charge in [0.15, 0.2) is 0 Å². The maximum atomic E-state index is 13.1. The number of rotatable bonds is 3. The summed E-state index contributed by atoms with van der Waals surface area (Å²) in [4.78, 5) is 21.9. The van der Waals surface area contributed by atoms with Crippen LogP contribution >= 0.6 is 0 Å². The number of ether oxygens (including phenoxy) is 1. The number of amides is 1. The number of nitrogens with zero attached hydrogens (tertiary/aromatic N) is 6. The number of hydrogen-bond donors (Lipinski definition) is 0. The first-order chi connectivity index (χ1) is 14.1. The lowest BCUT2D eigenvalue weighted by atomic mass is 9.89. The fraction of sp³-hybridized carbons (Fsp3) is 0.500. The summed E-state index contributed by atoms with van der Waals surface area (Å²) in [5.74, 6) is -0.0214. The molecule has 3 aromatic rings. The van der Waals surface area contributed by atoms with Crippen molar-refractivity contribution in [1.29, 1.82) is 0 Å². The van der Waals surface area contributed by atoms with E-state index < -0.39 is 0 Å². The number of piperidine rings is 1. The van der Waals surface area contributed by atoms with Crippen molar-refractivity contribution >= 4 is 11.6 Å². The van der Waals surface area contributed by atoms with E-state index in [4.69, 9.17) is 4.74 Å². The van der Waals surface area contributed by atoms with Gasteiger partial charge in [0, 0.05) is 38.1 Å². The zero-order valence-electron chi connectivity index (χ0n) is 16.5. The first-order valence-corrected chi connectivity index (χ1v) is 9.99. The van der Waals surface area contributed by atoms with Gasteiger partial charge in [0.05, 0.1) is 24.9 Å². The third-order valence-electron chi connectivity index (χ3n) is 6.01. The van der Waals surface area contributed by atoms with Gasteiger partial charge >= 0.3 is 0 Å². The van der Waals surface area contributed by atoms with Gasteiger partial charge in [-0.1, -0.05) is 16.4 Å². The Kier molecular flexibility index (Phi) is 4.56. The second kappa shape index (κ2) is 7.23. The number of imidazole rings is 1. The highest BCUT2D eigenvalue weighted by molar-refractivity contribution is 5.93. The third kappa shape index (κ3) is 3.51. The maximum absolute atomic E-state index is 13.1. The SMILES string of the molecule is Cc1cccc2nc(C(=O)N3CCOC4(CCN(Cc5cnon5)CC4)C3)cn12. The molecule has 29 heavy (non-hydrogen) atoms. The Balaban J connectivity index is 1.26. The second-order valence-corrected chi connectivity index (χ2v) is 7.95.